The van der Waals surface area contributed by atoms with Crippen LogP contribution >= 0.6 is 0 Å². The fourth-order valence-corrected chi connectivity index (χ4v) is 3.16. The molecule has 0 aliphatic heterocycles. The maximum Gasteiger partial charge on any atom is 0.315 e. The van der Waals surface area contributed by atoms with E-state index in [1.807, 2.05) is 38.1 Å². The Bertz CT molecular complexity index is 574. The number of benzene rings is 1. The number of hydrogen-bond acceptors (Lipinski definition) is 4. The molecule has 4 nitrogen and oxygen atoms in total. The minimum Gasteiger partial charge on any atom is -0.465 e. The summed E-state index contributed by atoms with van der Waals surface area (Å²) in [5, 5.41) is 0. The van der Waals surface area contributed by atoms with Crippen molar-refractivity contribution in [3.05, 3.63) is 29.8 Å². The molecule has 0 N–H and O–H groups in total. The van der Waals surface area contributed by atoms with Gasteiger partial charge in [-0.25, -0.2) is 0 Å². The Morgan fingerprint density at radius 2 is 1.52 bits per heavy atom. The largest absolute Gasteiger partial charge is 0.465 e. The third-order valence-electron chi connectivity index (χ3n) is 4.70. The molecule has 0 amide bonds. The molecule has 1 saturated carbocycles. The first kappa shape index (κ1) is 19.5. The average Bonchev–Trinajstić information content (AvgIpc) is 2.60. The van der Waals surface area contributed by atoms with E-state index < -0.39 is 5.92 Å². The first-order valence-corrected chi connectivity index (χ1v) is 9.36. The molecular formula is C21H30O4. The zero-order valence-corrected chi connectivity index (χ0v) is 15.8. The van der Waals surface area contributed by atoms with Crippen molar-refractivity contribution in [2.75, 3.05) is 6.61 Å². The summed E-state index contributed by atoms with van der Waals surface area (Å²) in [6.07, 6.45) is 3.28. The molecule has 1 fully saturated rings. The van der Waals surface area contributed by atoms with Gasteiger partial charge >= 0.3 is 11.9 Å². The number of ether oxygens (including phenoxy) is 2. The summed E-state index contributed by atoms with van der Waals surface area (Å²) >= 11 is 0. The Balaban J connectivity index is 2.00. The van der Waals surface area contributed by atoms with Gasteiger partial charge in [-0.3, -0.25) is 9.59 Å². The number of carbonyl (C=O) groups excluding carboxylic acids is 2. The molecule has 1 aliphatic carbocycles. The quantitative estimate of drug-likeness (QED) is 0.552. The van der Waals surface area contributed by atoms with E-state index in [1.54, 1.807) is 0 Å². The van der Waals surface area contributed by atoms with Crippen LogP contribution in [0, 0.1) is 17.8 Å². The van der Waals surface area contributed by atoms with Crippen LogP contribution in [0.15, 0.2) is 24.3 Å². The lowest BCUT2D eigenvalue weighted by atomic mass is 9.79. The van der Waals surface area contributed by atoms with Crippen molar-refractivity contribution in [2.45, 2.75) is 59.3 Å². The van der Waals surface area contributed by atoms with Gasteiger partial charge in [-0.1, -0.05) is 52.7 Å². The molecular weight excluding hydrogens is 316 g/mol. The molecule has 2 unspecified atom stereocenters. The molecule has 0 aromatic heterocycles. The van der Waals surface area contributed by atoms with Gasteiger partial charge in [0.15, 0.2) is 0 Å². The molecule has 1 aromatic rings. The van der Waals surface area contributed by atoms with Gasteiger partial charge in [0.1, 0.15) is 5.75 Å². The predicted octanol–water partition coefficient (Wildman–Crippen LogP) is 4.72. The van der Waals surface area contributed by atoms with Crippen LogP contribution in [0.2, 0.25) is 0 Å². The minimum atomic E-state index is -0.404. The molecule has 25 heavy (non-hydrogen) atoms. The summed E-state index contributed by atoms with van der Waals surface area (Å²) in [5.74, 6) is -0.1000. The second kappa shape index (κ2) is 9.02. The van der Waals surface area contributed by atoms with Crippen LogP contribution in [0.1, 0.15) is 64.9 Å². The van der Waals surface area contributed by atoms with E-state index in [0.717, 1.165) is 12.8 Å². The van der Waals surface area contributed by atoms with Gasteiger partial charge in [0.25, 0.3) is 0 Å². The van der Waals surface area contributed by atoms with Gasteiger partial charge in [0, 0.05) is 0 Å². The first-order chi connectivity index (χ1) is 11.9. The van der Waals surface area contributed by atoms with E-state index in [9.17, 15) is 9.59 Å². The van der Waals surface area contributed by atoms with Gasteiger partial charge in [-0.15, -0.1) is 0 Å². The molecule has 0 radical (unpaired) electrons. The lowest BCUT2D eigenvalue weighted by Crippen LogP contribution is -2.36. The number of esters is 2. The molecule has 1 aliphatic rings. The van der Waals surface area contributed by atoms with E-state index >= 15 is 0 Å². The van der Waals surface area contributed by atoms with Crippen LogP contribution in [0.25, 0.3) is 0 Å². The lowest BCUT2D eigenvalue weighted by Gasteiger charge is -2.28. The summed E-state index contributed by atoms with van der Waals surface area (Å²) < 4.78 is 10.9. The smallest absolute Gasteiger partial charge is 0.315 e. The zero-order chi connectivity index (χ0) is 18.4. The van der Waals surface area contributed by atoms with Gasteiger partial charge in [0.05, 0.1) is 18.4 Å². The van der Waals surface area contributed by atoms with Crippen molar-refractivity contribution < 1.29 is 19.1 Å². The number of hydrogen-bond donors (Lipinski definition) is 0. The Hall–Kier alpha value is -1.84. The topological polar surface area (TPSA) is 52.6 Å². The summed E-state index contributed by atoms with van der Waals surface area (Å²) in [6.45, 7) is 8.64. The van der Waals surface area contributed by atoms with Crippen molar-refractivity contribution in [1.29, 1.82) is 0 Å². The highest BCUT2D eigenvalue weighted by molar-refractivity contribution is 5.83. The SMILES string of the molecule is CC(C)COC(=O)C1CCCCC1C(=O)Oc1ccc(C(C)C)cc1. The van der Waals surface area contributed by atoms with Crippen molar-refractivity contribution in [2.24, 2.45) is 17.8 Å². The van der Waals surface area contributed by atoms with Gasteiger partial charge in [0.2, 0.25) is 0 Å². The van der Waals surface area contributed by atoms with E-state index in [0.29, 0.717) is 31.1 Å². The first-order valence-electron chi connectivity index (χ1n) is 9.36. The van der Waals surface area contributed by atoms with Crippen LogP contribution in [-0.4, -0.2) is 18.5 Å². The Labute approximate surface area is 150 Å². The molecule has 0 spiro atoms. The van der Waals surface area contributed by atoms with E-state index in [4.69, 9.17) is 9.47 Å². The molecule has 1 aromatic carbocycles. The Kier molecular flexibility index (Phi) is 7.03. The van der Waals surface area contributed by atoms with Crippen LogP contribution in [-0.2, 0) is 14.3 Å². The van der Waals surface area contributed by atoms with Crippen LogP contribution < -0.4 is 4.74 Å². The van der Waals surface area contributed by atoms with E-state index in [1.165, 1.54) is 5.56 Å². The summed E-state index contributed by atoms with van der Waals surface area (Å²) in [4.78, 5) is 25.0. The van der Waals surface area contributed by atoms with Crippen LogP contribution in [0.5, 0.6) is 5.75 Å². The maximum absolute atomic E-state index is 12.6. The molecule has 0 bridgehead atoms. The van der Waals surface area contributed by atoms with E-state index in [-0.39, 0.29) is 23.8 Å². The molecule has 4 heteroatoms. The maximum atomic E-state index is 12.6. The van der Waals surface area contributed by atoms with Gasteiger partial charge in [-0.05, 0) is 42.4 Å². The standard InChI is InChI=1S/C21H30O4/c1-14(2)13-24-20(22)18-7-5-6-8-19(18)21(23)25-17-11-9-16(10-12-17)15(3)4/h9-12,14-15,18-19H,5-8,13H2,1-4H3. The van der Waals surface area contributed by atoms with Crippen LogP contribution in [0.4, 0.5) is 0 Å². The van der Waals surface area contributed by atoms with Crippen LogP contribution in [0.3, 0.4) is 0 Å². The highest BCUT2D eigenvalue weighted by atomic mass is 16.5. The second-order valence-electron chi connectivity index (χ2n) is 7.67. The van der Waals surface area contributed by atoms with Crippen molar-refractivity contribution in [3.63, 3.8) is 0 Å². The molecule has 2 atom stereocenters. The Morgan fingerprint density at radius 3 is 2.04 bits per heavy atom. The third kappa shape index (κ3) is 5.58. The molecule has 0 saturated heterocycles. The Morgan fingerprint density at radius 1 is 0.960 bits per heavy atom. The average molecular weight is 346 g/mol. The highest BCUT2D eigenvalue weighted by Crippen LogP contribution is 2.32. The third-order valence-corrected chi connectivity index (χ3v) is 4.70. The van der Waals surface area contributed by atoms with Crippen molar-refractivity contribution >= 4 is 11.9 Å². The number of rotatable bonds is 6. The number of carbonyl (C=O) groups is 2. The summed E-state index contributed by atoms with van der Waals surface area (Å²) in [6, 6.07) is 7.59. The fourth-order valence-electron chi connectivity index (χ4n) is 3.16. The normalized spacial score (nSPS) is 20.6. The monoisotopic (exact) mass is 346 g/mol. The van der Waals surface area contributed by atoms with Crippen molar-refractivity contribution in [1.82, 2.24) is 0 Å². The fraction of sp³-hybridized carbons (Fsp3) is 0.619. The summed E-state index contributed by atoms with van der Waals surface area (Å²) in [5.41, 5.74) is 1.20. The molecule has 138 valence electrons. The zero-order valence-electron chi connectivity index (χ0n) is 15.8. The minimum absolute atomic E-state index is 0.259. The lowest BCUT2D eigenvalue weighted by molar-refractivity contribution is -0.159. The van der Waals surface area contributed by atoms with Gasteiger partial charge in [-0.2, -0.15) is 0 Å². The van der Waals surface area contributed by atoms with Gasteiger partial charge < -0.3 is 9.47 Å². The highest BCUT2D eigenvalue weighted by Gasteiger charge is 2.38. The van der Waals surface area contributed by atoms with E-state index in [2.05, 4.69) is 13.8 Å². The van der Waals surface area contributed by atoms with Crippen molar-refractivity contribution in [3.8, 4) is 5.75 Å². The predicted molar refractivity (Wildman–Crippen MR) is 97.4 cm³/mol. The molecule has 2 rings (SSSR count). The molecule has 0 heterocycles. The second-order valence-corrected chi connectivity index (χ2v) is 7.67. The summed E-state index contributed by atoms with van der Waals surface area (Å²) in [7, 11) is 0.